The smallest absolute Gasteiger partial charge is 0.187 e. The van der Waals surface area contributed by atoms with Crippen molar-refractivity contribution >= 4 is 23.2 Å². The summed E-state index contributed by atoms with van der Waals surface area (Å²) in [6, 6.07) is 20.4. The Balaban J connectivity index is 1.72. The van der Waals surface area contributed by atoms with E-state index in [1.807, 2.05) is 18.2 Å². The second-order valence-electron chi connectivity index (χ2n) is 8.73. The van der Waals surface area contributed by atoms with Gasteiger partial charge in [0.1, 0.15) is 0 Å². The molecular weight excluding hydrogens is 394 g/mol. The van der Waals surface area contributed by atoms with E-state index in [-0.39, 0.29) is 5.78 Å². The van der Waals surface area contributed by atoms with Crippen LogP contribution in [0.15, 0.2) is 66.7 Å². The minimum atomic E-state index is -0.0794. The lowest BCUT2D eigenvalue weighted by atomic mass is 9.97. The van der Waals surface area contributed by atoms with Crippen molar-refractivity contribution in [1.29, 1.82) is 0 Å². The van der Waals surface area contributed by atoms with Crippen LogP contribution in [-0.2, 0) is 0 Å². The molecule has 4 nitrogen and oxygen atoms in total. The van der Waals surface area contributed by atoms with Crippen LogP contribution in [0.5, 0.6) is 0 Å². The Morgan fingerprint density at radius 2 is 1.56 bits per heavy atom. The molecule has 0 atom stereocenters. The van der Waals surface area contributed by atoms with Crippen molar-refractivity contribution in [2.45, 2.75) is 13.8 Å². The van der Waals surface area contributed by atoms with Gasteiger partial charge in [-0.3, -0.25) is 4.79 Å². The summed E-state index contributed by atoms with van der Waals surface area (Å²) >= 11 is 0. The number of likely N-dealkylation sites (N-methyl/N-ethyl adjacent to an activating group) is 1. The summed E-state index contributed by atoms with van der Waals surface area (Å²) in [7, 11) is 2.16. The third-order valence-electron chi connectivity index (χ3n) is 6.07. The first-order valence-corrected chi connectivity index (χ1v) is 11.1. The summed E-state index contributed by atoms with van der Waals surface area (Å²) in [6.07, 6.45) is 3.58. The fraction of sp³-hybridized carbons (Fsp3) is 0.250. The third-order valence-corrected chi connectivity index (χ3v) is 6.07. The monoisotopic (exact) mass is 425 g/mol. The average molecular weight is 426 g/mol. The van der Waals surface area contributed by atoms with Gasteiger partial charge in [-0.1, -0.05) is 47.5 Å². The van der Waals surface area contributed by atoms with Gasteiger partial charge < -0.3 is 15.5 Å². The van der Waals surface area contributed by atoms with Crippen molar-refractivity contribution in [1.82, 2.24) is 4.90 Å². The summed E-state index contributed by atoms with van der Waals surface area (Å²) < 4.78 is 0. The van der Waals surface area contributed by atoms with Crippen LogP contribution in [0.4, 0.5) is 11.4 Å². The van der Waals surface area contributed by atoms with Crippen LogP contribution in [0, 0.1) is 13.8 Å². The standard InChI is InChI=1S/C28H31N3O/c1-20-16-21(2)18-24(17-20)22-8-10-27(31-14-12-30(3)13-15-31)23(19-22)9-11-28(32)25-6-4-5-7-26(25)29/h4-11,16-19H,12-15,29H2,1-3H3/b11-9+. The lowest BCUT2D eigenvalue weighted by Gasteiger charge is -2.35. The first-order valence-electron chi connectivity index (χ1n) is 11.1. The molecule has 4 rings (SSSR count). The molecular formula is C28H31N3O. The van der Waals surface area contributed by atoms with Gasteiger partial charge in [0.25, 0.3) is 0 Å². The first kappa shape index (κ1) is 21.8. The summed E-state index contributed by atoms with van der Waals surface area (Å²) in [5.74, 6) is -0.0794. The molecule has 0 saturated carbocycles. The van der Waals surface area contributed by atoms with Crippen molar-refractivity contribution < 1.29 is 4.79 Å². The fourth-order valence-corrected chi connectivity index (χ4v) is 4.32. The Morgan fingerprint density at radius 3 is 2.25 bits per heavy atom. The highest BCUT2D eigenvalue weighted by molar-refractivity contribution is 6.10. The van der Waals surface area contributed by atoms with Gasteiger partial charge in [0, 0.05) is 43.1 Å². The lowest BCUT2D eigenvalue weighted by Crippen LogP contribution is -2.44. The molecule has 3 aromatic rings. The predicted octanol–water partition coefficient (Wildman–Crippen LogP) is 5.20. The number of carbonyl (C=O) groups is 1. The summed E-state index contributed by atoms with van der Waals surface area (Å²) in [5.41, 5.74) is 14.1. The van der Waals surface area contributed by atoms with Crippen molar-refractivity contribution in [3.63, 3.8) is 0 Å². The van der Waals surface area contributed by atoms with Crippen LogP contribution in [0.2, 0.25) is 0 Å². The third kappa shape index (κ3) is 4.92. The molecule has 1 fully saturated rings. The van der Waals surface area contributed by atoms with E-state index in [9.17, 15) is 4.79 Å². The van der Waals surface area contributed by atoms with E-state index < -0.39 is 0 Å². The van der Waals surface area contributed by atoms with Gasteiger partial charge in [0.2, 0.25) is 0 Å². The van der Waals surface area contributed by atoms with Crippen molar-refractivity contribution in [2.24, 2.45) is 0 Å². The van der Waals surface area contributed by atoms with Crippen LogP contribution in [0.25, 0.3) is 17.2 Å². The number of hydrogen-bond acceptors (Lipinski definition) is 4. The molecule has 2 N–H and O–H groups in total. The van der Waals surface area contributed by atoms with E-state index in [2.05, 4.69) is 67.1 Å². The van der Waals surface area contributed by atoms with E-state index in [1.54, 1.807) is 18.2 Å². The van der Waals surface area contributed by atoms with Crippen molar-refractivity contribution in [3.05, 3.63) is 89.0 Å². The number of rotatable bonds is 5. The minimum Gasteiger partial charge on any atom is -0.398 e. The zero-order valence-electron chi connectivity index (χ0n) is 19.1. The number of carbonyl (C=O) groups excluding carboxylic acids is 1. The Labute approximate surface area is 191 Å². The Hall–Kier alpha value is -3.37. The number of ketones is 1. The van der Waals surface area contributed by atoms with Crippen LogP contribution >= 0.6 is 0 Å². The van der Waals surface area contributed by atoms with E-state index in [0.717, 1.165) is 43.0 Å². The van der Waals surface area contributed by atoms with Gasteiger partial charge in [0.15, 0.2) is 5.78 Å². The van der Waals surface area contributed by atoms with Gasteiger partial charge in [-0.05, 0) is 74.0 Å². The number of nitrogens with zero attached hydrogens (tertiary/aromatic N) is 2. The largest absolute Gasteiger partial charge is 0.398 e. The minimum absolute atomic E-state index is 0.0794. The van der Waals surface area contributed by atoms with Crippen LogP contribution < -0.4 is 10.6 Å². The molecule has 0 radical (unpaired) electrons. The molecule has 0 bridgehead atoms. The van der Waals surface area contributed by atoms with E-state index in [1.165, 1.54) is 16.7 Å². The molecule has 4 heteroatoms. The molecule has 32 heavy (non-hydrogen) atoms. The fourth-order valence-electron chi connectivity index (χ4n) is 4.32. The molecule has 3 aromatic carbocycles. The Morgan fingerprint density at radius 1 is 0.875 bits per heavy atom. The van der Waals surface area contributed by atoms with E-state index in [4.69, 9.17) is 5.73 Å². The number of hydrogen-bond donors (Lipinski definition) is 1. The van der Waals surface area contributed by atoms with Gasteiger partial charge in [0.05, 0.1) is 0 Å². The van der Waals surface area contributed by atoms with Crippen LogP contribution in [0.3, 0.4) is 0 Å². The summed E-state index contributed by atoms with van der Waals surface area (Å²) in [4.78, 5) is 17.6. The van der Waals surface area contributed by atoms with E-state index in [0.29, 0.717) is 11.3 Å². The zero-order valence-corrected chi connectivity index (χ0v) is 19.1. The maximum atomic E-state index is 12.8. The van der Waals surface area contributed by atoms with Gasteiger partial charge in [-0.25, -0.2) is 0 Å². The Kier molecular flexibility index (Phi) is 6.42. The molecule has 0 amide bonds. The van der Waals surface area contributed by atoms with Crippen molar-refractivity contribution in [2.75, 3.05) is 43.9 Å². The number of aryl methyl sites for hydroxylation is 2. The molecule has 1 saturated heterocycles. The SMILES string of the molecule is Cc1cc(C)cc(-c2ccc(N3CCN(C)CC3)c(/C=C/C(=O)c3ccccc3N)c2)c1. The number of nitrogen functional groups attached to an aromatic ring is 1. The topological polar surface area (TPSA) is 49.6 Å². The highest BCUT2D eigenvalue weighted by Crippen LogP contribution is 2.30. The number of nitrogens with two attached hydrogens (primary N) is 1. The number of benzene rings is 3. The highest BCUT2D eigenvalue weighted by atomic mass is 16.1. The second kappa shape index (κ2) is 9.41. The molecule has 1 heterocycles. The Bertz CT molecular complexity index is 1140. The maximum Gasteiger partial charge on any atom is 0.187 e. The summed E-state index contributed by atoms with van der Waals surface area (Å²) in [5, 5.41) is 0. The van der Waals surface area contributed by atoms with Gasteiger partial charge >= 0.3 is 0 Å². The quantitative estimate of drug-likeness (QED) is 0.347. The summed E-state index contributed by atoms with van der Waals surface area (Å²) in [6.45, 7) is 8.25. The van der Waals surface area contributed by atoms with Crippen LogP contribution in [0.1, 0.15) is 27.0 Å². The van der Waals surface area contributed by atoms with Crippen LogP contribution in [-0.4, -0.2) is 43.9 Å². The molecule has 0 aliphatic carbocycles. The molecule has 0 aromatic heterocycles. The highest BCUT2D eigenvalue weighted by Gasteiger charge is 2.17. The van der Waals surface area contributed by atoms with Crippen molar-refractivity contribution in [3.8, 4) is 11.1 Å². The average Bonchev–Trinajstić information content (AvgIpc) is 2.77. The van der Waals surface area contributed by atoms with E-state index >= 15 is 0 Å². The number of anilines is 2. The lowest BCUT2D eigenvalue weighted by molar-refractivity contribution is 0.104. The number of allylic oxidation sites excluding steroid dienone is 1. The normalized spacial score (nSPS) is 14.8. The second-order valence-corrected chi connectivity index (χ2v) is 8.73. The van der Waals surface area contributed by atoms with Gasteiger partial charge in [-0.15, -0.1) is 0 Å². The van der Waals surface area contributed by atoms with Gasteiger partial charge in [-0.2, -0.15) is 0 Å². The molecule has 1 aliphatic rings. The predicted molar refractivity (Wildman–Crippen MR) is 135 cm³/mol. The maximum absolute atomic E-state index is 12.8. The molecule has 164 valence electrons. The molecule has 0 unspecified atom stereocenters. The zero-order chi connectivity index (χ0) is 22.7. The number of para-hydroxylation sites is 1. The number of piperazine rings is 1. The first-order chi connectivity index (χ1) is 15.4. The molecule has 0 spiro atoms. The molecule has 1 aliphatic heterocycles.